The molecule has 0 aliphatic carbocycles. The zero-order valence-corrected chi connectivity index (χ0v) is 8.76. The predicted octanol–water partition coefficient (Wildman–Crippen LogP) is 0.298. The molecule has 0 heterocycles. The second-order valence-corrected chi connectivity index (χ2v) is 3.72. The molecule has 4 heteroatoms. The van der Waals surface area contributed by atoms with E-state index in [0.29, 0.717) is 6.61 Å². The van der Waals surface area contributed by atoms with Crippen LogP contribution in [0.2, 0.25) is 0 Å². The summed E-state index contributed by atoms with van der Waals surface area (Å²) in [5, 5.41) is 12.0. The highest BCUT2D eigenvalue weighted by molar-refractivity contribution is 5.84. The van der Waals surface area contributed by atoms with Crippen molar-refractivity contribution in [2.45, 2.75) is 38.8 Å². The van der Waals surface area contributed by atoms with E-state index < -0.39 is 5.60 Å². The molecule has 0 saturated carbocycles. The third-order valence-corrected chi connectivity index (χ3v) is 1.69. The number of hydrogen-bond donors (Lipinski definition) is 2. The predicted molar refractivity (Wildman–Crippen MR) is 50.4 cm³/mol. The molecule has 0 aliphatic heterocycles. The number of aliphatic hydroxyl groups is 1. The molecule has 0 fully saturated rings. The molecular formula is C9H19NO3. The van der Waals surface area contributed by atoms with Gasteiger partial charge in [-0.25, -0.2) is 0 Å². The lowest BCUT2D eigenvalue weighted by Crippen LogP contribution is -2.46. The van der Waals surface area contributed by atoms with Crippen LogP contribution in [0.5, 0.6) is 0 Å². The topological polar surface area (TPSA) is 58.6 Å². The standard InChI is InChI=1S/C9H19NO3/c1-7(5-6-13-4)10-8(11)9(2,3)12/h7,12H,5-6H2,1-4H3,(H,10,11). The number of nitrogens with one attached hydrogen (secondary N) is 1. The Balaban J connectivity index is 3.79. The smallest absolute Gasteiger partial charge is 0.251 e. The number of amides is 1. The Kier molecular flexibility index (Phi) is 4.95. The Morgan fingerprint density at radius 1 is 1.62 bits per heavy atom. The largest absolute Gasteiger partial charge is 0.385 e. The highest BCUT2D eigenvalue weighted by atomic mass is 16.5. The molecule has 0 aromatic rings. The van der Waals surface area contributed by atoms with Crippen LogP contribution < -0.4 is 5.32 Å². The van der Waals surface area contributed by atoms with Crippen molar-refractivity contribution in [3.05, 3.63) is 0 Å². The second kappa shape index (κ2) is 5.19. The highest BCUT2D eigenvalue weighted by Gasteiger charge is 2.24. The minimum atomic E-state index is -1.30. The first-order valence-electron chi connectivity index (χ1n) is 4.40. The van der Waals surface area contributed by atoms with Crippen LogP contribution in [-0.2, 0) is 9.53 Å². The van der Waals surface area contributed by atoms with Crippen molar-refractivity contribution in [1.82, 2.24) is 5.32 Å². The number of methoxy groups -OCH3 is 1. The average Bonchev–Trinajstić information content (AvgIpc) is 1.99. The van der Waals surface area contributed by atoms with Crippen molar-refractivity contribution in [2.24, 2.45) is 0 Å². The van der Waals surface area contributed by atoms with Crippen LogP contribution in [0.3, 0.4) is 0 Å². The summed E-state index contributed by atoms with van der Waals surface area (Å²) in [5.74, 6) is -0.351. The molecule has 0 bridgehead atoms. The van der Waals surface area contributed by atoms with Crippen LogP contribution in [0, 0.1) is 0 Å². The molecule has 0 radical (unpaired) electrons. The van der Waals surface area contributed by atoms with Gasteiger partial charge in [-0.15, -0.1) is 0 Å². The molecule has 2 N–H and O–H groups in total. The summed E-state index contributed by atoms with van der Waals surface area (Å²) < 4.78 is 4.87. The Hall–Kier alpha value is -0.610. The minimum Gasteiger partial charge on any atom is -0.385 e. The van der Waals surface area contributed by atoms with Gasteiger partial charge in [0.2, 0.25) is 0 Å². The van der Waals surface area contributed by atoms with E-state index in [9.17, 15) is 9.90 Å². The van der Waals surface area contributed by atoms with Gasteiger partial charge in [-0.3, -0.25) is 4.79 Å². The van der Waals surface area contributed by atoms with E-state index in [2.05, 4.69) is 5.32 Å². The van der Waals surface area contributed by atoms with E-state index >= 15 is 0 Å². The monoisotopic (exact) mass is 189 g/mol. The number of carbonyl (C=O) groups excluding carboxylic acids is 1. The first kappa shape index (κ1) is 12.4. The van der Waals surface area contributed by atoms with Gasteiger partial charge in [-0.2, -0.15) is 0 Å². The molecule has 1 atom stereocenters. The minimum absolute atomic E-state index is 0.0267. The highest BCUT2D eigenvalue weighted by Crippen LogP contribution is 2.02. The maximum atomic E-state index is 11.2. The molecule has 1 amide bonds. The summed E-state index contributed by atoms with van der Waals surface area (Å²) in [4.78, 5) is 11.2. The number of hydrogen-bond acceptors (Lipinski definition) is 3. The summed E-state index contributed by atoms with van der Waals surface area (Å²) in [7, 11) is 1.62. The fourth-order valence-corrected chi connectivity index (χ4v) is 0.767. The lowest BCUT2D eigenvalue weighted by atomic mass is 10.1. The van der Waals surface area contributed by atoms with Gasteiger partial charge in [0.05, 0.1) is 0 Å². The van der Waals surface area contributed by atoms with Crippen LogP contribution >= 0.6 is 0 Å². The van der Waals surface area contributed by atoms with E-state index in [4.69, 9.17) is 4.74 Å². The first-order valence-corrected chi connectivity index (χ1v) is 4.40. The first-order chi connectivity index (χ1) is 5.88. The zero-order chi connectivity index (χ0) is 10.5. The van der Waals surface area contributed by atoms with E-state index in [1.165, 1.54) is 13.8 Å². The van der Waals surface area contributed by atoms with Crippen molar-refractivity contribution in [1.29, 1.82) is 0 Å². The molecule has 0 spiro atoms. The van der Waals surface area contributed by atoms with Gasteiger partial charge in [0, 0.05) is 19.8 Å². The lowest BCUT2D eigenvalue weighted by molar-refractivity contribution is -0.137. The molecule has 0 rings (SSSR count). The summed E-state index contributed by atoms with van der Waals surface area (Å²) in [6, 6.07) is 0.0267. The quantitative estimate of drug-likeness (QED) is 0.654. The van der Waals surface area contributed by atoms with Gasteiger partial charge >= 0.3 is 0 Å². The van der Waals surface area contributed by atoms with Gasteiger partial charge in [-0.05, 0) is 27.2 Å². The van der Waals surface area contributed by atoms with Crippen LogP contribution in [-0.4, -0.2) is 36.4 Å². The Bertz CT molecular complexity index is 163. The Labute approximate surface area is 79.3 Å². The Morgan fingerprint density at radius 3 is 2.54 bits per heavy atom. The molecular weight excluding hydrogens is 170 g/mol. The number of ether oxygens (including phenoxy) is 1. The van der Waals surface area contributed by atoms with Gasteiger partial charge < -0.3 is 15.2 Å². The average molecular weight is 189 g/mol. The maximum Gasteiger partial charge on any atom is 0.251 e. The third-order valence-electron chi connectivity index (χ3n) is 1.69. The van der Waals surface area contributed by atoms with Gasteiger partial charge in [-0.1, -0.05) is 0 Å². The van der Waals surface area contributed by atoms with Crippen molar-refractivity contribution in [2.75, 3.05) is 13.7 Å². The molecule has 78 valence electrons. The van der Waals surface area contributed by atoms with Crippen LogP contribution in [0.4, 0.5) is 0 Å². The zero-order valence-electron chi connectivity index (χ0n) is 8.76. The summed E-state index contributed by atoms with van der Waals surface area (Å²) in [5.41, 5.74) is -1.30. The summed E-state index contributed by atoms with van der Waals surface area (Å²) >= 11 is 0. The molecule has 4 nitrogen and oxygen atoms in total. The fourth-order valence-electron chi connectivity index (χ4n) is 0.767. The molecule has 0 aliphatic rings. The van der Waals surface area contributed by atoms with E-state index in [1.807, 2.05) is 6.92 Å². The lowest BCUT2D eigenvalue weighted by Gasteiger charge is -2.20. The van der Waals surface area contributed by atoms with Crippen molar-refractivity contribution in [3.63, 3.8) is 0 Å². The third kappa shape index (κ3) is 5.60. The maximum absolute atomic E-state index is 11.2. The number of carbonyl (C=O) groups is 1. The van der Waals surface area contributed by atoms with Crippen molar-refractivity contribution < 1.29 is 14.6 Å². The van der Waals surface area contributed by atoms with E-state index in [-0.39, 0.29) is 11.9 Å². The summed E-state index contributed by atoms with van der Waals surface area (Å²) in [6.45, 7) is 5.41. The van der Waals surface area contributed by atoms with Crippen LogP contribution in [0.1, 0.15) is 27.2 Å². The molecule has 13 heavy (non-hydrogen) atoms. The van der Waals surface area contributed by atoms with E-state index in [1.54, 1.807) is 7.11 Å². The SMILES string of the molecule is COCCC(C)NC(=O)C(C)(C)O. The molecule has 0 aromatic heterocycles. The van der Waals surface area contributed by atoms with Crippen molar-refractivity contribution in [3.8, 4) is 0 Å². The van der Waals surface area contributed by atoms with Crippen LogP contribution in [0.15, 0.2) is 0 Å². The molecule has 0 aromatic carbocycles. The normalized spacial score (nSPS) is 13.9. The van der Waals surface area contributed by atoms with Gasteiger partial charge in [0.15, 0.2) is 0 Å². The van der Waals surface area contributed by atoms with Crippen molar-refractivity contribution >= 4 is 5.91 Å². The number of rotatable bonds is 5. The van der Waals surface area contributed by atoms with Gasteiger partial charge in [0.25, 0.3) is 5.91 Å². The van der Waals surface area contributed by atoms with Gasteiger partial charge in [0.1, 0.15) is 5.60 Å². The Morgan fingerprint density at radius 2 is 2.15 bits per heavy atom. The fraction of sp³-hybridized carbons (Fsp3) is 0.889. The second-order valence-electron chi connectivity index (χ2n) is 3.72. The van der Waals surface area contributed by atoms with Crippen LogP contribution in [0.25, 0.3) is 0 Å². The van der Waals surface area contributed by atoms with E-state index in [0.717, 1.165) is 6.42 Å². The molecule has 0 saturated heterocycles. The molecule has 1 unspecified atom stereocenters. The summed E-state index contributed by atoms with van der Waals surface area (Å²) in [6.07, 6.45) is 0.748.